The number of carbonyl (C=O) groups is 1. The molecule has 0 aliphatic carbocycles. The number of esters is 1. The second-order valence-corrected chi connectivity index (χ2v) is 2.52. The molecule has 3 nitrogen and oxygen atoms in total. The standard InChI is InChI=1S/C7H11F3O3/c1-5(3-6(11)12-2)13-4-7(8,9)10/h5H,3-4H2,1-2H3. The fourth-order valence-corrected chi connectivity index (χ4v) is 0.614. The van der Waals surface area contributed by atoms with Crippen molar-refractivity contribution in [2.45, 2.75) is 25.6 Å². The van der Waals surface area contributed by atoms with E-state index in [0.717, 1.165) is 0 Å². The van der Waals surface area contributed by atoms with Gasteiger partial charge < -0.3 is 9.47 Å². The van der Waals surface area contributed by atoms with Crippen LogP contribution in [0, 0.1) is 0 Å². The van der Waals surface area contributed by atoms with Crippen LogP contribution in [0.3, 0.4) is 0 Å². The molecule has 0 aromatic heterocycles. The lowest BCUT2D eigenvalue weighted by atomic mass is 10.3. The molecule has 0 N–H and O–H groups in total. The molecule has 0 radical (unpaired) electrons. The highest BCUT2D eigenvalue weighted by molar-refractivity contribution is 5.69. The average molecular weight is 200 g/mol. The van der Waals surface area contributed by atoms with Gasteiger partial charge in [-0.1, -0.05) is 0 Å². The van der Waals surface area contributed by atoms with E-state index in [9.17, 15) is 18.0 Å². The summed E-state index contributed by atoms with van der Waals surface area (Å²) in [6.07, 6.45) is -5.31. The van der Waals surface area contributed by atoms with E-state index in [1.807, 2.05) is 0 Å². The van der Waals surface area contributed by atoms with Crippen LogP contribution in [0.2, 0.25) is 0 Å². The van der Waals surface area contributed by atoms with Gasteiger partial charge in [0.2, 0.25) is 0 Å². The van der Waals surface area contributed by atoms with Crippen molar-refractivity contribution in [2.24, 2.45) is 0 Å². The highest BCUT2D eigenvalue weighted by atomic mass is 19.4. The number of rotatable bonds is 4. The van der Waals surface area contributed by atoms with Crippen molar-refractivity contribution >= 4 is 5.97 Å². The first-order valence-electron chi connectivity index (χ1n) is 3.60. The average Bonchev–Trinajstić information content (AvgIpc) is 1.99. The number of hydrogen-bond donors (Lipinski definition) is 0. The van der Waals surface area contributed by atoms with Crippen LogP contribution in [0.25, 0.3) is 0 Å². The van der Waals surface area contributed by atoms with Crippen molar-refractivity contribution in [1.82, 2.24) is 0 Å². The van der Waals surface area contributed by atoms with Gasteiger partial charge in [-0.25, -0.2) is 0 Å². The molecule has 6 heteroatoms. The van der Waals surface area contributed by atoms with Crippen LogP contribution >= 0.6 is 0 Å². The van der Waals surface area contributed by atoms with Crippen LogP contribution in [0.4, 0.5) is 13.2 Å². The largest absolute Gasteiger partial charge is 0.469 e. The van der Waals surface area contributed by atoms with Gasteiger partial charge >= 0.3 is 12.1 Å². The lowest BCUT2D eigenvalue weighted by Crippen LogP contribution is -2.23. The normalized spacial score (nSPS) is 13.9. The SMILES string of the molecule is COC(=O)CC(C)OCC(F)(F)F. The van der Waals surface area contributed by atoms with Crippen LogP contribution in [-0.4, -0.2) is 32.0 Å². The smallest absolute Gasteiger partial charge is 0.411 e. The van der Waals surface area contributed by atoms with Crippen molar-refractivity contribution in [1.29, 1.82) is 0 Å². The molecule has 1 atom stereocenters. The molecule has 1 unspecified atom stereocenters. The van der Waals surface area contributed by atoms with Gasteiger partial charge in [0.1, 0.15) is 6.61 Å². The van der Waals surface area contributed by atoms with Crippen molar-refractivity contribution < 1.29 is 27.4 Å². The number of hydrogen-bond acceptors (Lipinski definition) is 3. The van der Waals surface area contributed by atoms with Gasteiger partial charge in [0.15, 0.2) is 0 Å². The minimum Gasteiger partial charge on any atom is -0.469 e. The number of carbonyl (C=O) groups excluding carboxylic acids is 1. The molecule has 78 valence electrons. The fourth-order valence-electron chi connectivity index (χ4n) is 0.614. The number of methoxy groups -OCH3 is 1. The Morgan fingerprint density at radius 3 is 2.38 bits per heavy atom. The minimum atomic E-state index is -4.36. The van der Waals surface area contributed by atoms with E-state index < -0.39 is 24.9 Å². The summed E-state index contributed by atoms with van der Waals surface area (Å²) in [4.78, 5) is 10.6. The van der Waals surface area contributed by atoms with Crippen LogP contribution < -0.4 is 0 Å². The number of alkyl halides is 3. The summed E-state index contributed by atoms with van der Waals surface area (Å²) in [7, 11) is 1.17. The Hall–Kier alpha value is -0.780. The Bertz CT molecular complexity index is 167. The lowest BCUT2D eigenvalue weighted by molar-refractivity contribution is -0.186. The zero-order chi connectivity index (χ0) is 10.5. The highest BCUT2D eigenvalue weighted by Crippen LogP contribution is 2.16. The van der Waals surface area contributed by atoms with Gasteiger partial charge in [-0.05, 0) is 6.92 Å². The van der Waals surface area contributed by atoms with E-state index in [0.29, 0.717) is 0 Å². The van der Waals surface area contributed by atoms with Gasteiger partial charge in [0, 0.05) is 0 Å². The first kappa shape index (κ1) is 12.2. The van der Waals surface area contributed by atoms with Gasteiger partial charge in [0.25, 0.3) is 0 Å². The van der Waals surface area contributed by atoms with E-state index in [4.69, 9.17) is 0 Å². The maximum atomic E-state index is 11.6. The maximum Gasteiger partial charge on any atom is 0.411 e. The Morgan fingerprint density at radius 1 is 1.46 bits per heavy atom. The van der Waals surface area contributed by atoms with Crippen molar-refractivity contribution in [2.75, 3.05) is 13.7 Å². The van der Waals surface area contributed by atoms with Gasteiger partial charge in [-0.2, -0.15) is 13.2 Å². The third-order valence-corrected chi connectivity index (χ3v) is 1.21. The van der Waals surface area contributed by atoms with E-state index in [1.54, 1.807) is 0 Å². The van der Waals surface area contributed by atoms with Crippen LogP contribution in [0.5, 0.6) is 0 Å². The summed E-state index contributed by atoms with van der Waals surface area (Å²) in [5.74, 6) is -0.588. The Labute approximate surface area is 73.8 Å². The Balaban J connectivity index is 3.63. The summed E-state index contributed by atoms with van der Waals surface area (Å²) in [6.45, 7) is 0.0355. The molecule has 0 aromatic carbocycles. The van der Waals surface area contributed by atoms with Gasteiger partial charge in [0.05, 0.1) is 19.6 Å². The summed E-state index contributed by atoms with van der Waals surface area (Å²) in [5.41, 5.74) is 0. The number of ether oxygens (including phenoxy) is 2. The second-order valence-electron chi connectivity index (χ2n) is 2.52. The van der Waals surface area contributed by atoms with Crippen LogP contribution in [0.15, 0.2) is 0 Å². The Kier molecular flexibility index (Phi) is 4.76. The molecule has 0 amide bonds. The fraction of sp³-hybridized carbons (Fsp3) is 0.857. The molecule has 0 spiro atoms. The maximum absolute atomic E-state index is 11.6. The van der Waals surface area contributed by atoms with Gasteiger partial charge in [-0.3, -0.25) is 4.79 Å². The van der Waals surface area contributed by atoms with Crippen molar-refractivity contribution in [3.05, 3.63) is 0 Å². The monoisotopic (exact) mass is 200 g/mol. The number of halogens is 3. The van der Waals surface area contributed by atoms with E-state index in [-0.39, 0.29) is 6.42 Å². The minimum absolute atomic E-state index is 0.174. The second kappa shape index (κ2) is 5.06. The van der Waals surface area contributed by atoms with Crippen molar-refractivity contribution in [3.63, 3.8) is 0 Å². The molecule has 0 heterocycles. The molecule has 0 fully saturated rings. The lowest BCUT2D eigenvalue weighted by Gasteiger charge is -2.13. The van der Waals surface area contributed by atoms with Gasteiger partial charge in [-0.15, -0.1) is 0 Å². The molecule has 0 aromatic rings. The Morgan fingerprint density at radius 2 is 2.00 bits per heavy atom. The molecular formula is C7H11F3O3. The van der Waals surface area contributed by atoms with Crippen molar-refractivity contribution in [3.8, 4) is 0 Å². The van der Waals surface area contributed by atoms with Crippen LogP contribution in [0.1, 0.15) is 13.3 Å². The quantitative estimate of drug-likeness (QED) is 0.645. The summed E-state index contributed by atoms with van der Waals surface area (Å²) in [5, 5.41) is 0. The molecule has 0 aliphatic heterocycles. The summed E-state index contributed by atoms with van der Waals surface area (Å²) in [6, 6.07) is 0. The molecule has 0 aliphatic rings. The zero-order valence-corrected chi connectivity index (χ0v) is 7.35. The zero-order valence-electron chi connectivity index (χ0n) is 7.35. The molecule has 0 bridgehead atoms. The van der Waals surface area contributed by atoms with E-state index in [1.165, 1.54) is 14.0 Å². The summed E-state index contributed by atoms with van der Waals surface area (Å²) >= 11 is 0. The molecule has 13 heavy (non-hydrogen) atoms. The predicted molar refractivity (Wildman–Crippen MR) is 38.1 cm³/mol. The molecular weight excluding hydrogens is 189 g/mol. The van der Waals surface area contributed by atoms with E-state index >= 15 is 0 Å². The summed E-state index contributed by atoms with van der Waals surface area (Å²) < 4.78 is 43.4. The topological polar surface area (TPSA) is 35.5 Å². The first-order valence-corrected chi connectivity index (χ1v) is 3.60. The molecule has 0 rings (SSSR count). The first-order chi connectivity index (χ1) is 5.85. The third-order valence-electron chi connectivity index (χ3n) is 1.21. The third kappa shape index (κ3) is 7.58. The molecule has 0 saturated heterocycles. The molecule has 0 saturated carbocycles. The predicted octanol–water partition coefficient (Wildman–Crippen LogP) is 1.52. The van der Waals surface area contributed by atoms with Crippen LogP contribution in [-0.2, 0) is 14.3 Å². The van der Waals surface area contributed by atoms with E-state index in [2.05, 4.69) is 9.47 Å². The highest BCUT2D eigenvalue weighted by Gasteiger charge is 2.28.